The number of halogens is 2. The molecule has 0 atom stereocenters. The average molecular weight is 672 g/mol. The maximum Gasteiger partial charge on any atom is 0.407 e. The Kier molecular flexibility index (Phi) is 12.6. The molecule has 0 aromatic heterocycles. The summed E-state index contributed by atoms with van der Waals surface area (Å²) >= 11 is 0. The Labute approximate surface area is 292 Å². The third kappa shape index (κ3) is 10.4. The van der Waals surface area contributed by atoms with Crippen LogP contribution in [0.2, 0.25) is 0 Å². The van der Waals surface area contributed by atoms with Gasteiger partial charge in [-0.25, -0.2) is 13.6 Å². The van der Waals surface area contributed by atoms with E-state index in [4.69, 9.17) is 11.8 Å². The molecule has 2 aliphatic heterocycles. The normalized spacial score (nSPS) is 16.9. The number of nitrogens with zero attached hydrogens (tertiary/aromatic N) is 2. The van der Waals surface area contributed by atoms with Gasteiger partial charge in [-0.05, 0) is 43.0 Å². The zero-order chi connectivity index (χ0) is 36.2. The average Bonchev–Trinajstić information content (AvgIpc) is 3.08. The maximum absolute atomic E-state index is 15.0. The van der Waals surface area contributed by atoms with Crippen LogP contribution in [0.5, 0.6) is 0 Å². The Hall–Kier alpha value is -4.11. The first-order valence-electron chi connectivity index (χ1n) is 17.6. The second-order valence-corrected chi connectivity index (χ2v) is 13.6. The first-order valence-corrected chi connectivity index (χ1v) is 16.9. The number of hydrogen-bond donors (Lipinski definition) is 2. The van der Waals surface area contributed by atoms with Crippen molar-refractivity contribution in [2.24, 2.45) is 5.73 Å². The van der Waals surface area contributed by atoms with Crippen LogP contribution in [0.15, 0.2) is 121 Å². The number of hydrogen-bond acceptors (Lipinski definition) is 5. The fraction of sp³-hybridized carbons (Fsp3) is 0.390. The second-order valence-electron chi connectivity index (χ2n) is 13.6. The molecule has 1 amide bonds. The highest BCUT2D eigenvalue weighted by Crippen LogP contribution is 2.38. The molecule has 0 radical (unpaired) electrons. The van der Waals surface area contributed by atoms with Crippen LogP contribution in [0.1, 0.15) is 70.3 Å². The molecule has 2 saturated heterocycles. The van der Waals surface area contributed by atoms with E-state index in [9.17, 15) is 9.18 Å². The highest BCUT2D eigenvalue weighted by molar-refractivity contribution is 5.67. The first-order chi connectivity index (χ1) is 23.9. The largest absolute Gasteiger partial charge is 0.444 e. The number of alkyl carbamates (subject to hydrolysis) is 1. The number of carbonyl (C=O) groups is 1. The van der Waals surface area contributed by atoms with Gasteiger partial charge in [0.25, 0.3) is 0 Å². The van der Waals surface area contributed by atoms with E-state index in [0.29, 0.717) is 20.0 Å². The monoisotopic (exact) mass is 671 g/mol. The summed E-state index contributed by atoms with van der Waals surface area (Å²) in [7, 11) is 0. The van der Waals surface area contributed by atoms with Gasteiger partial charge in [0.1, 0.15) is 11.3 Å². The molecule has 262 valence electrons. The fourth-order valence-electron chi connectivity index (χ4n) is 6.28. The number of benzene rings is 4. The standard InChI is InChI=1S/C22H27FN2O2.C17H19FN2.C2H6/c1-21(2,3)27-20(26)24-14-22(23)15-25(16-22)19(17-10-6-4-7-11-17)18-12-8-5-9-13-18;18-17(11-19)12-20(13-17)16(14-7-3-1-4-8-14)15-9-5-2-6-10-15;1-2/h4-13,19H,14-16H2,1-3H3,(H,24,26);1-10,16H,11-13,19H2;1-2H3/i;;1D. The summed E-state index contributed by atoms with van der Waals surface area (Å²) in [6, 6.07) is 40.8. The minimum atomic E-state index is -1.45. The Morgan fingerprint density at radius 1 is 0.735 bits per heavy atom. The number of ether oxygens (including phenoxy) is 1. The molecule has 0 saturated carbocycles. The van der Waals surface area contributed by atoms with E-state index in [1.807, 2.05) is 72.8 Å². The minimum absolute atomic E-state index is 0.00204. The quantitative estimate of drug-likeness (QED) is 0.188. The number of rotatable bonds is 9. The van der Waals surface area contributed by atoms with E-state index in [1.165, 1.54) is 11.1 Å². The van der Waals surface area contributed by atoms with Gasteiger partial charge in [-0.1, -0.05) is 135 Å². The highest BCUT2D eigenvalue weighted by Gasteiger charge is 2.47. The zero-order valence-electron chi connectivity index (χ0n) is 30.2. The number of likely N-dealkylation sites (tertiary alicyclic amines) is 2. The van der Waals surface area contributed by atoms with Crippen molar-refractivity contribution >= 4 is 6.09 Å². The SMILES string of the molecule is CC(C)(C)OC(=O)NCC1(F)CN(C(c2ccccc2)c2ccccc2)C1.NCC1(F)CN(C(c2ccccc2)c2ccccc2)C1.[2H]CC. The summed E-state index contributed by atoms with van der Waals surface area (Å²) < 4.78 is 40.5. The number of carbonyl (C=O) groups excluding carboxylic acids is 1. The summed E-state index contributed by atoms with van der Waals surface area (Å²) in [6.45, 7) is 9.02. The predicted molar refractivity (Wildman–Crippen MR) is 195 cm³/mol. The Morgan fingerprint density at radius 2 is 1.04 bits per heavy atom. The van der Waals surface area contributed by atoms with Crippen LogP contribution < -0.4 is 11.1 Å². The number of alkyl halides is 2. The van der Waals surface area contributed by atoms with Crippen molar-refractivity contribution in [2.75, 3.05) is 39.3 Å². The van der Waals surface area contributed by atoms with Crippen LogP contribution >= 0.6 is 0 Å². The molecule has 2 fully saturated rings. The molecule has 3 N–H and O–H groups in total. The molecule has 4 aromatic rings. The number of nitrogens with one attached hydrogen (secondary N) is 1. The lowest BCUT2D eigenvalue weighted by molar-refractivity contribution is -0.0490. The molecule has 6 nitrogen and oxygen atoms in total. The zero-order valence-corrected chi connectivity index (χ0v) is 29.2. The molecular weight excluding hydrogens is 618 g/mol. The summed E-state index contributed by atoms with van der Waals surface area (Å²) in [6.07, 6.45) is -0.583. The van der Waals surface area contributed by atoms with Crippen LogP contribution in [0, 0.1) is 0 Å². The molecule has 49 heavy (non-hydrogen) atoms. The molecule has 0 unspecified atom stereocenters. The number of amides is 1. The van der Waals surface area contributed by atoms with Crippen molar-refractivity contribution in [1.29, 1.82) is 0 Å². The summed E-state index contributed by atoms with van der Waals surface area (Å²) in [5.74, 6) is 0. The van der Waals surface area contributed by atoms with Gasteiger partial charge >= 0.3 is 6.09 Å². The Bertz CT molecular complexity index is 1490. The molecule has 2 heterocycles. The van der Waals surface area contributed by atoms with Gasteiger partial charge < -0.3 is 15.8 Å². The van der Waals surface area contributed by atoms with Crippen LogP contribution in [0.4, 0.5) is 13.6 Å². The van der Waals surface area contributed by atoms with Crippen molar-refractivity contribution in [3.05, 3.63) is 144 Å². The van der Waals surface area contributed by atoms with Gasteiger partial charge in [-0.2, -0.15) is 0 Å². The van der Waals surface area contributed by atoms with E-state index in [0.717, 1.165) is 11.1 Å². The summed E-state index contributed by atoms with van der Waals surface area (Å²) in [5, 5.41) is 2.56. The van der Waals surface area contributed by atoms with Gasteiger partial charge in [0.15, 0.2) is 5.67 Å². The summed E-state index contributed by atoms with van der Waals surface area (Å²) in [4.78, 5) is 16.0. The minimum Gasteiger partial charge on any atom is -0.444 e. The molecule has 0 spiro atoms. The van der Waals surface area contributed by atoms with Gasteiger partial charge in [-0.15, -0.1) is 0 Å². The molecule has 2 aliphatic rings. The fourth-order valence-corrected chi connectivity index (χ4v) is 6.28. The van der Waals surface area contributed by atoms with Crippen LogP contribution in [-0.4, -0.2) is 72.1 Å². The predicted octanol–water partition coefficient (Wildman–Crippen LogP) is 8.11. The van der Waals surface area contributed by atoms with Crippen molar-refractivity contribution in [1.82, 2.24) is 15.1 Å². The number of nitrogens with two attached hydrogens (primary N) is 1. The van der Waals surface area contributed by atoms with Crippen molar-refractivity contribution in [3.8, 4) is 0 Å². The molecular formula is C41H52F2N4O2. The third-order valence-corrected chi connectivity index (χ3v) is 8.45. The van der Waals surface area contributed by atoms with Gasteiger partial charge in [0, 0.05) is 34.1 Å². The lowest BCUT2D eigenvalue weighted by Gasteiger charge is -2.48. The maximum atomic E-state index is 15.0. The Morgan fingerprint density at radius 3 is 1.33 bits per heavy atom. The highest BCUT2D eigenvalue weighted by atomic mass is 19.1. The smallest absolute Gasteiger partial charge is 0.407 e. The van der Waals surface area contributed by atoms with E-state index in [-0.39, 0.29) is 38.3 Å². The van der Waals surface area contributed by atoms with Crippen LogP contribution in [0.25, 0.3) is 0 Å². The Balaban J connectivity index is 0.000000216. The lowest BCUT2D eigenvalue weighted by atomic mass is 9.88. The third-order valence-electron chi connectivity index (χ3n) is 8.45. The van der Waals surface area contributed by atoms with E-state index in [1.54, 1.807) is 27.7 Å². The van der Waals surface area contributed by atoms with Gasteiger partial charge in [0.2, 0.25) is 0 Å². The summed E-state index contributed by atoms with van der Waals surface area (Å²) in [5.41, 5.74) is 6.89. The molecule has 6 rings (SSSR count). The van der Waals surface area contributed by atoms with Gasteiger partial charge in [-0.3, -0.25) is 9.80 Å². The van der Waals surface area contributed by atoms with Crippen LogP contribution in [-0.2, 0) is 4.74 Å². The van der Waals surface area contributed by atoms with Crippen molar-refractivity contribution < 1.29 is 19.7 Å². The van der Waals surface area contributed by atoms with Crippen molar-refractivity contribution in [2.45, 2.75) is 63.6 Å². The van der Waals surface area contributed by atoms with Crippen LogP contribution in [0.3, 0.4) is 0 Å². The second kappa shape index (κ2) is 17.0. The van der Waals surface area contributed by atoms with E-state index in [2.05, 4.69) is 63.6 Å². The van der Waals surface area contributed by atoms with E-state index < -0.39 is 23.0 Å². The molecule has 8 heteroatoms. The topological polar surface area (TPSA) is 70.8 Å². The molecule has 4 aromatic carbocycles. The lowest BCUT2D eigenvalue weighted by Crippen LogP contribution is -2.64. The van der Waals surface area contributed by atoms with E-state index >= 15 is 4.39 Å². The van der Waals surface area contributed by atoms with Crippen molar-refractivity contribution in [3.63, 3.8) is 0 Å². The molecule has 0 aliphatic carbocycles. The molecule has 0 bridgehead atoms. The first kappa shape index (κ1) is 36.2. The van der Waals surface area contributed by atoms with Gasteiger partial charge in [0.05, 0.1) is 18.6 Å².